The van der Waals surface area contributed by atoms with Gasteiger partial charge in [0.15, 0.2) is 0 Å². The standard InChI is InChI=1S/C18H26N2O.ClH/c21-18(20-11-9-14-8-10-19-13-14)12-16-6-3-5-15-4-1-2-7-17(15)16;/h1-2,4,7,14,16,19H,3,5-6,8-13H2,(H,20,21);1H. The van der Waals surface area contributed by atoms with Gasteiger partial charge < -0.3 is 10.6 Å². The quantitative estimate of drug-likeness (QED) is 0.875. The Kier molecular flexibility index (Phi) is 6.71. The topological polar surface area (TPSA) is 41.1 Å². The molecule has 2 N–H and O–H groups in total. The van der Waals surface area contributed by atoms with E-state index >= 15 is 0 Å². The lowest BCUT2D eigenvalue weighted by molar-refractivity contribution is -0.121. The third kappa shape index (κ3) is 4.47. The van der Waals surface area contributed by atoms with Crippen LogP contribution in [-0.4, -0.2) is 25.5 Å². The second kappa shape index (κ2) is 8.54. The van der Waals surface area contributed by atoms with E-state index in [0.29, 0.717) is 12.3 Å². The van der Waals surface area contributed by atoms with Crippen LogP contribution >= 0.6 is 12.4 Å². The van der Waals surface area contributed by atoms with E-state index in [-0.39, 0.29) is 18.3 Å². The van der Waals surface area contributed by atoms with Gasteiger partial charge in [-0.25, -0.2) is 0 Å². The summed E-state index contributed by atoms with van der Waals surface area (Å²) in [6.45, 7) is 3.09. The molecule has 1 saturated heterocycles. The van der Waals surface area contributed by atoms with Crippen molar-refractivity contribution < 1.29 is 4.79 Å². The molecule has 0 spiro atoms. The first-order valence-electron chi connectivity index (χ1n) is 8.38. The van der Waals surface area contributed by atoms with Gasteiger partial charge in [0, 0.05) is 13.0 Å². The second-order valence-corrected chi connectivity index (χ2v) is 6.49. The van der Waals surface area contributed by atoms with E-state index in [1.54, 1.807) is 0 Å². The van der Waals surface area contributed by atoms with Crippen molar-refractivity contribution in [2.24, 2.45) is 5.92 Å². The van der Waals surface area contributed by atoms with E-state index in [4.69, 9.17) is 0 Å². The van der Waals surface area contributed by atoms with E-state index in [9.17, 15) is 4.79 Å². The Balaban J connectivity index is 0.00000176. The highest BCUT2D eigenvalue weighted by Gasteiger charge is 2.22. The molecule has 0 aromatic heterocycles. The van der Waals surface area contributed by atoms with Crippen molar-refractivity contribution in [1.29, 1.82) is 0 Å². The number of carbonyl (C=O) groups is 1. The van der Waals surface area contributed by atoms with Crippen LogP contribution in [0.25, 0.3) is 0 Å². The first-order chi connectivity index (χ1) is 10.3. The molecule has 4 heteroatoms. The highest BCUT2D eigenvalue weighted by Crippen LogP contribution is 2.33. The van der Waals surface area contributed by atoms with Gasteiger partial charge in [-0.15, -0.1) is 12.4 Å². The Labute approximate surface area is 139 Å². The van der Waals surface area contributed by atoms with Crippen molar-refractivity contribution in [2.75, 3.05) is 19.6 Å². The molecule has 1 aliphatic heterocycles. The fourth-order valence-electron chi connectivity index (χ4n) is 3.74. The maximum atomic E-state index is 12.2. The molecular formula is C18H27ClN2O. The molecule has 3 nitrogen and oxygen atoms in total. The number of nitrogens with one attached hydrogen (secondary N) is 2. The molecule has 2 atom stereocenters. The first kappa shape index (κ1) is 17.3. The Morgan fingerprint density at radius 2 is 2.14 bits per heavy atom. The van der Waals surface area contributed by atoms with Crippen LogP contribution in [0.2, 0.25) is 0 Å². The van der Waals surface area contributed by atoms with Crippen LogP contribution in [0.1, 0.15) is 49.1 Å². The molecule has 0 radical (unpaired) electrons. The van der Waals surface area contributed by atoms with Gasteiger partial charge in [0.25, 0.3) is 0 Å². The molecular weight excluding hydrogens is 296 g/mol. The average molecular weight is 323 g/mol. The van der Waals surface area contributed by atoms with Gasteiger partial charge in [0.1, 0.15) is 0 Å². The van der Waals surface area contributed by atoms with E-state index in [2.05, 4.69) is 34.9 Å². The Hall–Kier alpha value is -1.06. The summed E-state index contributed by atoms with van der Waals surface area (Å²) in [5.41, 5.74) is 2.84. The first-order valence-corrected chi connectivity index (χ1v) is 8.38. The molecule has 122 valence electrons. The summed E-state index contributed by atoms with van der Waals surface area (Å²) < 4.78 is 0. The van der Waals surface area contributed by atoms with Gasteiger partial charge in [-0.2, -0.15) is 0 Å². The Morgan fingerprint density at radius 1 is 1.27 bits per heavy atom. The van der Waals surface area contributed by atoms with Gasteiger partial charge in [0.2, 0.25) is 5.91 Å². The molecule has 0 saturated carbocycles. The minimum Gasteiger partial charge on any atom is -0.356 e. The number of halogens is 1. The van der Waals surface area contributed by atoms with E-state index in [1.807, 2.05) is 0 Å². The molecule has 3 rings (SSSR count). The summed E-state index contributed by atoms with van der Waals surface area (Å²) >= 11 is 0. The highest BCUT2D eigenvalue weighted by atomic mass is 35.5. The number of benzene rings is 1. The predicted octanol–water partition coefficient (Wildman–Crippen LogP) is 3.03. The number of fused-ring (bicyclic) bond motifs is 1. The lowest BCUT2D eigenvalue weighted by Gasteiger charge is -2.25. The fraction of sp³-hybridized carbons (Fsp3) is 0.611. The molecule has 0 bridgehead atoms. The Morgan fingerprint density at radius 3 is 2.95 bits per heavy atom. The number of amides is 1. The minimum atomic E-state index is 0. The molecule has 2 aliphatic rings. The third-order valence-corrected chi connectivity index (χ3v) is 4.96. The van der Waals surface area contributed by atoms with Gasteiger partial charge in [-0.3, -0.25) is 4.79 Å². The van der Waals surface area contributed by atoms with E-state index in [0.717, 1.165) is 38.4 Å². The smallest absolute Gasteiger partial charge is 0.220 e. The molecule has 1 aromatic carbocycles. The minimum absolute atomic E-state index is 0. The van der Waals surface area contributed by atoms with Crippen LogP contribution in [-0.2, 0) is 11.2 Å². The van der Waals surface area contributed by atoms with Gasteiger partial charge >= 0.3 is 0 Å². The molecule has 1 amide bonds. The lowest BCUT2D eigenvalue weighted by atomic mass is 9.81. The number of hydrogen-bond donors (Lipinski definition) is 2. The highest BCUT2D eigenvalue weighted by molar-refractivity contribution is 5.85. The zero-order valence-electron chi connectivity index (χ0n) is 13.1. The van der Waals surface area contributed by atoms with Crippen molar-refractivity contribution in [1.82, 2.24) is 10.6 Å². The van der Waals surface area contributed by atoms with Crippen LogP contribution in [0.4, 0.5) is 0 Å². The maximum Gasteiger partial charge on any atom is 0.220 e. The summed E-state index contributed by atoms with van der Waals surface area (Å²) in [7, 11) is 0. The second-order valence-electron chi connectivity index (χ2n) is 6.49. The largest absolute Gasteiger partial charge is 0.356 e. The van der Waals surface area contributed by atoms with Crippen molar-refractivity contribution in [3.05, 3.63) is 35.4 Å². The zero-order chi connectivity index (χ0) is 14.5. The number of carbonyl (C=O) groups excluding carboxylic acids is 1. The SMILES string of the molecule is Cl.O=C(CC1CCCc2ccccc21)NCCC1CCNC1. The summed E-state index contributed by atoms with van der Waals surface area (Å²) in [5.74, 6) is 1.39. The third-order valence-electron chi connectivity index (χ3n) is 4.96. The van der Waals surface area contributed by atoms with Crippen molar-refractivity contribution >= 4 is 18.3 Å². The van der Waals surface area contributed by atoms with Gasteiger partial charge in [-0.1, -0.05) is 24.3 Å². The zero-order valence-corrected chi connectivity index (χ0v) is 14.0. The van der Waals surface area contributed by atoms with Crippen LogP contribution in [0.15, 0.2) is 24.3 Å². The lowest BCUT2D eigenvalue weighted by Crippen LogP contribution is -2.28. The molecule has 2 unspecified atom stereocenters. The predicted molar refractivity (Wildman–Crippen MR) is 92.6 cm³/mol. The van der Waals surface area contributed by atoms with Crippen LogP contribution in [0.5, 0.6) is 0 Å². The van der Waals surface area contributed by atoms with Crippen LogP contribution < -0.4 is 10.6 Å². The fourth-order valence-corrected chi connectivity index (χ4v) is 3.74. The Bertz CT molecular complexity index is 486. The van der Waals surface area contributed by atoms with Gasteiger partial charge in [-0.05, 0) is 68.2 Å². The van der Waals surface area contributed by atoms with Crippen LogP contribution in [0, 0.1) is 5.92 Å². The average Bonchev–Trinajstić information content (AvgIpc) is 3.01. The van der Waals surface area contributed by atoms with Crippen molar-refractivity contribution in [3.8, 4) is 0 Å². The van der Waals surface area contributed by atoms with Crippen molar-refractivity contribution in [2.45, 2.75) is 44.4 Å². The summed E-state index contributed by atoms with van der Waals surface area (Å²) in [6, 6.07) is 8.63. The van der Waals surface area contributed by atoms with Crippen molar-refractivity contribution in [3.63, 3.8) is 0 Å². The molecule has 1 aliphatic carbocycles. The van der Waals surface area contributed by atoms with Gasteiger partial charge in [0.05, 0.1) is 0 Å². The normalized spacial score (nSPS) is 23.5. The summed E-state index contributed by atoms with van der Waals surface area (Å²) in [4.78, 5) is 12.2. The molecule has 1 aromatic rings. The summed E-state index contributed by atoms with van der Waals surface area (Å²) in [5, 5.41) is 6.50. The monoisotopic (exact) mass is 322 g/mol. The summed E-state index contributed by atoms with van der Waals surface area (Å²) in [6.07, 6.45) is 6.55. The van der Waals surface area contributed by atoms with E-state index in [1.165, 1.54) is 30.4 Å². The number of aryl methyl sites for hydroxylation is 1. The number of hydrogen-bond acceptors (Lipinski definition) is 2. The molecule has 1 fully saturated rings. The van der Waals surface area contributed by atoms with Crippen LogP contribution in [0.3, 0.4) is 0 Å². The maximum absolute atomic E-state index is 12.2. The number of rotatable bonds is 5. The molecule has 1 heterocycles. The molecule has 22 heavy (non-hydrogen) atoms. The van der Waals surface area contributed by atoms with E-state index < -0.39 is 0 Å².